The molecule has 0 saturated heterocycles. The van der Waals surface area contributed by atoms with E-state index in [1.807, 2.05) is 49.4 Å². The van der Waals surface area contributed by atoms with E-state index in [1.165, 1.54) is 0 Å². The summed E-state index contributed by atoms with van der Waals surface area (Å²) in [7, 11) is 0. The molecule has 2 heterocycles. The second-order valence-corrected chi connectivity index (χ2v) is 4.89. The maximum atomic E-state index is 5.59. The molecule has 122 valence electrons. The predicted octanol–water partition coefficient (Wildman–Crippen LogP) is 3.02. The van der Waals surface area contributed by atoms with Crippen molar-refractivity contribution in [3.8, 4) is 5.75 Å². The number of anilines is 3. The average molecular weight is 322 g/mol. The fourth-order valence-electron chi connectivity index (χ4n) is 2.10. The van der Waals surface area contributed by atoms with E-state index in [9.17, 15) is 0 Å². The van der Waals surface area contributed by atoms with Gasteiger partial charge in [-0.3, -0.25) is 4.98 Å². The first kappa shape index (κ1) is 15.7. The van der Waals surface area contributed by atoms with Gasteiger partial charge in [0.15, 0.2) is 5.82 Å². The summed E-state index contributed by atoms with van der Waals surface area (Å²) in [6, 6.07) is 13.4. The minimum Gasteiger partial charge on any atom is -0.492 e. The molecule has 24 heavy (non-hydrogen) atoms. The zero-order valence-electron chi connectivity index (χ0n) is 13.3. The monoisotopic (exact) mass is 322 g/mol. The Morgan fingerprint density at radius 3 is 2.79 bits per heavy atom. The number of nitrogens with zero attached hydrogens (tertiary/aromatic N) is 4. The highest BCUT2D eigenvalue weighted by Crippen LogP contribution is 2.26. The summed E-state index contributed by atoms with van der Waals surface area (Å²) in [4.78, 5) is 8.65. The summed E-state index contributed by atoms with van der Waals surface area (Å²) in [6.07, 6.45) is 3.31. The molecular formula is C17H18N6O. The number of para-hydroxylation sites is 2. The minimum absolute atomic E-state index is 0.430. The summed E-state index contributed by atoms with van der Waals surface area (Å²) in [6.45, 7) is 3.07. The van der Waals surface area contributed by atoms with Crippen LogP contribution in [0.15, 0.2) is 54.9 Å². The van der Waals surface area contributed by atoms with Crippen molar-refractivity contribution in [3.63, 3.8) is 0 Å². The third-order valence-corrected chi connectivity index (χ3v) is 3.16. The molecule has 0 aliphatic heterocycles. The zero-order chi connectivity index (χ0) is 16.6. The van der Waals surface area contributed by atoms with E-state index in [0.717, 1.165) is 17.1 Å². The zero-order valence-corrected chi connectivity index (χ0v) is 13.3. The highest BCUT2D eigenvalue weighted by Gasteiger charge is 2.05. The van der Waals surface area contributed by atoms with Gasteiger partial charge < -0.3 is 15.4 Å². The molecule has 0 aliphatic carbocycles. The second kappa shape index (κ2) is 7.87. The lowest BCUT2D eigenvalue weighted by atomic mass is 10.3. The van der Waals surface area contributed by atoms with Crippen molar-refractivity contribution in [1.82, 2.24) is 20.2 Å². The lowest BCUT2D eigenvalue weighted by Crippen LogP contribution is -2.07. The normalized spacial score (nSPS) is 10.2. The minimum atomic E-state index is 0.430. The fraction of sp³-hybridized carbons (Fsp3) is 0.176. The van der Waals surface area contributed by atoms with E-state index < -0.39 is 0 Å². The van der Waals surface area contributed by atoms with Crippen molar-refractivity contribution in [2.45, 2.75) is 13.5 Å². The topological polar surface area (TPSA) is 84.9 Å². The Morgan fingerprint density at radius 2 is 1.96 bits per heavy atom. The second-order valence-electron chi connectivity index (χ2n) is 4.89. The number of rotatable bonds is 7. The van der Waals surface area contributed by atoms with Crippen LogP contribution in [0.5, 0.6) is 5.75 Å². The number of benzene rings is 1. The van der Waals surface area contributed by atoms with Crippen molar-refractivity contribution in [3.05, 3.63) is 60.6 Å². The Kier molecular flexibility index (Phi) is 5.14. The van der Waals surface area contributed by atoms with Crippen molar-refractivity contribution in [2.75, 3.05) is 17.2 Å². The molecule has 1 aromatic carbocycles. The Hall–Kier alpha value is -3.22. The van der Waals surface area contributed by atoms with Crippen LogP contribution in [0.25, 0.3) is 0 Å². The molecule has 0 atom stereocenters. The van der Waals surface area contributed by atoms with Crippen molar-refractivity contribution >= 4 is 17.5 Å². The first-order valence-electron chi connectivity index (χ1n) is 7.67. The number of hydrogen-bond donors (Lipinski definition) is 2. The Balaban J connectivity index is 1.69. The predicted molar refractivity (Wildman–Crippen MR) is 92.3 cm³/mol. The number of ether oxygens (including phenoxy) is 1. The smallest absolute Gasteiger partial charge is 0.245 e. The van der Waals surface area contributed by atoms with Crippen LogP contribution in [-0.2, 0) is 6.54 Å². The molecule has 0 unspecified atom stereocenters. The van der Waals surface area contributed by atoms with Gasteiger partial charge in [-0.1, -0.05) is 18.2 Å². The van der Waals surface area contributed by atoms with Gasteiger partial charge in [0.1, 0.15) is 5.75 Å². The first-order valence-corrected chi connectivity index (χ1v) is 7.67. The first-order chi connectivity index (χ1) is 11.8. The molecule has 0 amide bonds. The van der Waals surface area contributed by atoms with Crippen molar-refractivity contribution in [2.24, 2.45) is 0 Å². The molecular weight excluding hydrogens is 304 g/mol. The lowest BCUT2D eigenvalue weighted by molar-refractivity contribution is 0.342. The van der Waals surface area contributed by atoms with Crippen molar-refractivity contribution in [1.29, 1.82) is 0 Å². The standard InChI is InChI=1S/C17H18N6O/c1-2-24-15-9-4-3-8-14(15)21-16-12-20-23-17(22-16)19-11-13-7-5-6-10-18-13/h3-10,12H,2,11H2,1H3,(H2,19,21,22,23). The Bertz CT molecular complexity index is 781. The Labute approximate surface area is 140 Å². The van der Waals surface area contributed by atoms with Gasteiger partial charge in [-0.2, -0.15) is 10.1 Å². The molecule has 0 saturated carbocycles. The number of pyridine rings is 1. The molecule has 0 aliphatic rings. The van der Waals surface area contributed by atoms with E-state index in [2.05, 4.69) is 30.8 Å². The summed E-state index contributed by atoms with van der Waals surface area (Å²) < 4.78 is 5.59. The molecule has 2 N–H and O–H groups in total. The van der Waals surface area contributed by atoms with Gasteiger partial charge in [0.25, 0.3) is 0 Å². The van der Waals surface area contributed by atoms with Crippen LogP contribution < -0.4 is 15.4 Å². The van der Waals surface area contributed by atoms with Gasteiger partial charge in [-0.15, -0.1) is 5.10 Å². The van der Waals surface area contributed by atoms with Gasteiger partial charge in [-0.25, -0.2) is 0 Å². The summed E-state index contributed by atoms with van der Waals surface area (Å²) in [5.41, 5.74) is 1.73. The van der Waals surface area contributed by atoms with Crippen molar-refractivity contribution < 1.29 is 4.74 Å². The van der Waals surface area contributed by atoms with Crippen LogP contribution in [0.2, 0.25) is 0 Å². The van der Waals surface area contributed by atoms with Crippen LogP contribution >= 0.6 is 0 Å². The molecule has 7 heteroatoms. The van der Waals surface area contributed by atoms with E-state index in [4.69, 9.17) is 4.74 Å². The molecule has 0 spiro atoms. The maximum absolute atomic E-state index is 5.59. The highest BCUT2D eigenvalue weighted by molar-refractivity contribution is 5.63. The van der Waals surface area contributed by atoms with Gasteiger partial charge in [0.05, 0.1) is 30.7 Å². The quantitative estimate of drug-likeness (QED) is 0.691. The molecule has 0 bridgehead atoms. The third kappa shape index (κ3) is 4.16. The van der Waals surface area contributed by atoms with E-state index in [0.29, 0.717) is 24.9 Å². The molecule has 3 aromatic rings. The van der Waals surface area contributed by atoms with Gasteiger partial charge >= 0.3 is 0 Å². The molecule has 3 rings (SSSR count). The molecule has 2 aromatic heterocycles. The van der Waals surface area contributed by atoms with Crippen LogP contribution in [0, 0.1) is 0 Å². The van der Waals surface area contributed by atoms with E-state index in [-0.39, 0.29) is 0 Å². The SMILES string of the molecule is CCOc1ccccc1Nc1cnnc(NCc2ccccn2)n1. The summed E-state index contributed by atoms with van der Waals surface area (Å²) >= 11 is 0. The lowest BCUT2D eigenvalue weighted by Gasteiger charge is -2.11. The molecule has 0 fully saturated rings. The van der Waals surface area contributed by atoms with E-state index >= 15 is 0 Å². The van der Waals surface area contributed by atoms with E-state index in [1.54, 1.807) is 12.4 Å². The third-order valence-electron chi connectivity index (χ3n) is 3.16. The fourth-order valence-corrected chi connectivity index (χ4v) is 2.10. The van der Waals surface area contributed by atoms with Gasteiger partial charge in [0, 0.05) is 6.20 Å². The molecule has 0 radical (unpaired) electrons. The van der Waals surface area contributed by atoms with Crippen LogP contribution in [0.4, 0.5) is 17.5 Å². The van der Waals surface area contributed by atoms with Crippen LogP contribution in [0.3, 0.4) is 0 Å². The van der Waals surface area contributed by atoms with Gasteiger partial charge in [0.2, 0.25) is 5.95 Å². The highest BCUT2D eigenvalue weighted by atomic mass is 16.5. The number of hydrogen-bond acceptors (Lipinski definition) is 7. The van der Waals surface area contributed by atoms with Gasteiger partial charge in [-0.05, 0) is 31.2 Å². The number of aromatic nitrogens is 4. The maximum Gasteiger partial charge on any atom is 0.245 e. The van der Waals surface area contributed by atoms with Crippen LogP contribution in [-0.4, -0.2) is 26.8 Å². The largest absolute Gasteiger partial charge is 0.492 e. The van der Waals surface area contributed by atoms with Crippen LogP contribution in [0.1, 0.15) is 12.6 Å². The molecule has 7 nitrogen and oxygen atoms in total. The number of nitrogens with one attached hydrogen (secondary N) is 2. The Morgan fingerprint density at radius 1 is 1.08 bits per heavy atom. The summed E-state index contributed by atoms with van der Waals surface area (Å²) in [5.74, 6) is 1.78. The average Bonchev–Trinajstić information content (AvgIpc) is 2.63. The summed E-state index contributed by atoms with van der Waals surface area (Å²) in [5, 5.41) is 14.3.